The predicted octanol–water partition coefficient (Wildman–Crippen LogP) is 1.78. The van der Waals surface area contributed by atoms with E-state index in [1.54, 1.807) is 13.3 Å². The smallest absolute Gasteiger partial charge is 0.141 e. The highest BCUT2D eigenvalue weighted by atomic mass is 16.5. The fourth-order valence-corrected chi connectivity index (χ4v) is 1.60. The first kappa shape index (κ1) is 12.9. The summed E-state index contributed by atoms with van der Waals surface area (Å²) in [7, 11) is 3.58. The number of pyridine rings is 1. The van der Waals surface area contributed by atoms with Gasteiger partial charge >= 0.3 is 0 Å². The topological polar surface area (TPSA) is 43.4 Å². The summed E-state index contributed by atoms with van der Waals surface area (Å²) in [5.74, 6) is 0.818. The molecule has 1 atom stereocenters. The summed E-state index contributed by atoms with van der Waals surface area (Å²) >= 11 is 0. The molecule has 1 aromatic rings. The summed E-state index contributed by atoms with van der Waals surface area (Å²) in [6, 6.07) is 3.97. The lowest BCUT2D eigenvalue weighted by molar-refractivity contribution is 0.136. The summed E-state index contributed by atoms with van der Waals surface area (Å²) in [6.07, 6.45) is 2.67. The number of ether oxygens (including phenoxy) is 2. The Morgan fingerprint density at radius 2 is 2.31 bits per heavy atom. The van der Waals surface area contributed by atoms with Gasteiger partial charge in [0.15, 0.2) is 0 Å². The van der Waals surface area contributed by atoms with E-state index in [-0.39, 0.29) is 6.04 Å². The molecule has 0 bridgehead atoms. The quantitative estimate of drug-likeness (QED) is 0.717. The highest BCUT2D eigenvalue weighted by Gasteiger charge is 2.15. The molecule has 0 fully saturated rings. The monoisotopic (exact) mass is 224 g/mol. The van der Waals surface area contributed by atoms with E-state index < -0.39 is 0 Å². The molecule has 0 spiro atoms. The Kier molecular flexibility index (Phi) is 5.82. The second-order valence-corrected chi connectivity index (χ2v) is 3.42. The first-order chi connectivity index (χ1) is 7.83. The van der Waals surface area contributed by atoms with E-state index in [0.29, 0.717) is 0 Å². The van der Waals surface area contributed by atoms with Crippen LogP contribution in [0.15, 0.2) is 18.3 Å². The fraction of sp³-hybridized carbons (Fsp3) is 0.583. The van der Waals surface area contributed by atoms with Crippen molar-refractivity contribution in [2.24, 2.45) is 0 Å². The minimum atomic E-state index is 0.169. The maximum Gasteiger partial charge on any atom is 0.141 e. The minimum Gasteiger partial charge on any atom is -0.495 e. The lowest BCUT2D eigenvalue weighted by Gasteiger charge is -2.17. The number of nitrogens with zero attached hydrogens (tertiary/aromatic N) is 1. The number of hydrogen-bond acceptors (Lipinski definition) is 4. The van der Waals surface area contributed by atoms with Gasteiger partial charge in [-0.15, -0.1) is 0 Å². The molecule has 90 valence electrons. The van der Waals surface area contributed by atoms with Gasteiger partial charge in [0.25, 0.3) is 0 Å². The molecule has 0 aliphatic heterocycles. The Labute approximate surface area is 97.0 Å². The largest absolute Gasteiger partial charge is 0.495 e. The van der Waals surface area contributed by atoms with Crippen molar-refractivity contribution in [3.63, 3.8) is 0 Å². The molecule has 0 aliphatic rings. The molecule has 1 rings (SSSR count). The van der Waals surface area contributed by atoms with Crippen molar-refractivity contribution in [2.45, 2.75) is 19.4 Å². The zero-order valence-electron chi connectivity index (χ0n) is 10.2. The van der Waals surface area contributed by atoms with E-state index in [4.69, 9.17) is 9.47 Å². The zero-order chi connectivity index (χ0) is 11.8. The van der Waals surface area contributed by atoms with E-state index in [1.807, 2.05) is 26.1 Å². The summed E-state index contributed by atoms with van der Waals surface area (Å²) in [5, 5.41) is 3.23. The van der Waals surface area contributed by atoms with Crippen molar-refractivity contribution in [1.82, 2.24) is 10.3 Å². The van der Waals surface area contributed by atoms with Crippen LogP contribution >= 0.6 is 0 Å². The Bertz CT molecular complexity index is 305. The van der Waals surface area contributed by atoms with Crippen molar-refractivity contribution < 1.29 is 9.47 Å². The van der Waals surface area contributed by atoms with Crippen molar-refractivity contribution in [3.05, 3.63) is 24.0 Å². The fourth-order valence-electron chi connectivity index (χ4n) is 1.60. The molecule has 0 saturated carbocycles. The Balaban J connectivity index is 2.69. The lowest BCUT2D eigenvalue weighted by Crippen LogP contribution is -2.20. The standard InChI is InChI=1S/C12H20N2O2/c1-4-16-9-7-10(13-2)12-11(15-3)6-5-8-14-12/h5-6,8,10,13H,4,7,9H2,1-3H3. The van der Waals surface area contributed by atoms with Crippen LogP contribution in [0.2, 0.25) is 0 Å². The molecule has 0 amide bonds. The number of nitrogens with one attached hydrogen (secondary N) is 1. The second-order valence-electron chi connectivity index (χ2n) is 3.42. The van der Waals surface area contributed by atoms with Crippen molar-refractivity contribution in [3.8, 4) is 5.75 Å². The van der Waals surface area contributed by atoms with Crippen molar-refractivity contribution >= 4 is 0 Å². The van der Waals surface area contributed by atoms with Crippen LogP contribution in [0.3, 0.4) is 0 Å². The average molecular weight is 224 g/mol. The van der Waals surface area contributed by atoms with Gasteiger partial charge in [0.2, 0.25) is 0 Å². The van der Waals surface area contributed by atoms with E-state index in [0.717, 1.165) is 31.1 Å². The average Bonchev–Trinajstić information content (AvgIpc) is 2.35. The van der Waals surface area contributed by atoms with Gasteiger partial charge in [0.1, 0.15) is 5.75 Å². The minimum absolute atomic E-state index is 0.169. The first-order valence-corrected chi connectivity index (χ1v) is 5.57. The number of aromatic nitrogens is 1. The summed E-state index contributed by atoms with van der Waals surface area (Å²) in [5.41, 5.74) is 0.937. The van der Waals surface area contributed by atoms with Gasteiger partial charge in [-0.3, -0.25) is 4.98 Å². The van der Waals surface area contributed by atoms with E-state index in [9.17, 15) is 0 Å². The van der Waals surface area contributed by atoms with Crippen molar-refractivity contribution in [1.29, 1.82) is 0 Å². The summed E-state index contributed by atoms with van der Waals surface area (Å²) in [6.45, 7) is 3.47. The first-order valence-electron chi connectivity index (χ1n) is 5.57. The van der Waals surface area contributed by atoms with Crippen LogP contribution in [-0.4, -0.2) is 32.4 Å². The van der Waals surface area contributed by atoms with E-state index in [2.05, 4.69) is 10.3 Å². The molecular weight excluding hydrogens is 204 g/mol. The summed E-state index contributed by atoms with van der Waals surface area (Å²) < 4.78 is 10.6. The van der Waals surface area contributed by atoms with E-state index >= 15 is 0 Å². The SMILES string of the molecule is CCOCCC(NC)c1ncccc1OC. The van der Waals surface area contributed by atoms with Crippen LogP contribution in [0.25, 0.3) is 0 Å². The maximum absolute atomic E-state index is 5.35. The zero-order valence-corrected chi connectivity index (χ0v) is 10.2. The molecule has 0 radical (unpaired) electrons. The molecule has 0 aromatic carbocycles. The normalized spacial score (nSPS) is 12.4. The van der Waals surface area contributed by atoms with Crippen LogP contribution in [0, 0.1) is 0 Å². The highest BCUT2D eigenvalue weighted by molar-refractivity contribution is 5.29. The molecule has 1 unspecified atom stereocenters. The predicted molar refractivity (Wildman–Crippen MR) is 63.7 cm³/mol. The van der Waals surface area contributed by atoms with Crippen LogP contribution in [0.5, 0.6) is 5.75 Å². The van der Waals surface area contributed by atoms with Crippen LogP contribution in [0.4, 0.5) is 0 Å². The second kappa shape index (κ2) is 7.19. The van der Waals surface area contributed by atoms with Gasteiger partial charge in [-0.1, -0.05) is 0 Å². The number of methoxy groups -OCH3 is 1. The van der Waals surface area contributed by atoms with Gasteiger partial charge in [-0.2, -0.15) is 0 Å². The van der Waals surface area contributed by atoms with E-state index in [1.165, 1.54) is 0 Å². The molecule has 0 saturated heterocycles. The molecule has 1 aromatic heterocycles. The Hall–Kier alpha value is -1.13. The Morgan fingerprint density at radius 1 is 1.50 bits per heavy atom. The molecule has 1 heterocycles. The van der Waals surface area contributed by atoms with Gasteiger partial charge in [-0.05, 0) is 32.5 Å². The lowest BCUT2D eigenvalue weighted by atomic mass is 10.1. The van der Waals surface area contributed by atoms with Crippen molar-refractivity contribution in [2.75, 3.05) is 27.4 Å². The Morgan fingerprint density at radius 3 is 2.94 bits per heavy atom. The molecule has 4 nitrogen and oxygen atoms in total. The third-order valence-corrected chi connectivity index (χ3v) is 2.45. The number of hydrogen-bond donors (Lipinski definition) is 1. The van der Waals surface area contributed by atoms with Gasteiger partial charge < -0.3 is 14.8 Å². The van der Waals surface area contributed by atoms with Gasteiger partial charge in [0, 0.05) is 19.4 Å². The highest BCUT2D eigenvalue weighted by Crippen LogP contribution is 2.24. The van der Waals surface area contributed by atoms with Crippen LogP contribution in [0.1, 0.15) is 25.1 Å². The molecule has 16 heavy (non-hydrogen) atoms. The van der Waals surface area contributed by atoms with Crippen LogP contribution < -0.4 is 10.1 Å². The molecular formula is C12H20N2O2. The molecule has 0 aliphatic carbocycles. The number of rotatable bonds is 7. The van der Waals surface area contributed by atoms with Crippen LogP contribution in [-0.2, 0) is 4.74 Å². The van der Waals surface area contributed by atoms with Gasteiger partial charge in [0.05, 0.1) is 18.8 Å². The van der Waals surface area contributed by atoms with Gasteiger partial charge in [-0.25, -0.2) is 0 Å². The third kappa shape index (κ3) is 3.47. The summed E-state index contributed by atoms with van der Waals surface area (Å²) in [4.78, 5) is 4.36. The molecule has 1 N–H and O–H groups in total. The maximum atomic E-state index is 5.35. The molecule has 4 heteroatoms. The third-order valence-electron chi connectivity index (χ3n) is 2.45.